The maximum Gasteiger partial charge on any atom is 0.217 e. The molecule has 28 heteroatoms. The first-order chi connectivity index (χ1) is 31.0. The van der Waals surface area contributed by atoms with Crippen LogP contribution in [0.3, 0.4) is 0 Å². The fraction of sp³-hybridized carbons (Fsp3) is 0.973. The molecule has 5 fully saturated rings. The normalized spacial score (nSPS) is 47.4. The quantitative estimate of drug-likeness (QED) is 0.0504. The third kappa shape index (κ3) is 12.4. The number of hydrogen-bond acceptors (Lipinski definition) is 27. The van der Waals surface area contributed by atoms with Crippen molar-refractivity contribution < 1.29 is 129 Å². The second-order valence-electron chi connectivity index (χ2n) is 16.4. The number of amides is 1. The molecule has 0 spiro atoms. The summed E-state index contributed by atoms with van der Waals surface area (Å²) in [5.41, 5.74) is 5.49. The average molecular weight is 955 g/mol. The van der Waals surface area contributed by atoms with Crippen molar-refractivity contribution >= 4 is 5.91 Å². The lowest BCUT2D eigenvalue weighted by Gasteiger charge is -2.50. The van der Waals surface area contributed by atoms with E-state index < -0.39 is 192 Å². The van der Waals surface area contributed by atoms with Crippen molar-refractivity contribution in [2.24, 2.45) is 5.73 Å². The zero-order valence-corrected chi connectivity index (χ0v) is 35.3. The van der Waals surface area contributed by atoms with Gasteiger partial charge in [-0.05, 0) is 25.8 Å². The number of carbonyl (C=O) groups is 1. The number of unbranched alkanes of at least 4 members (excludes halogenated alkanes) is 2. The Balaban J connectivity index is 1.31. The van der Waals surface area contributed by atoms with Crippen molar-refractivity contribution in [3.8, 4) is 0 Å². The molecule has 5 aliphatic rings. The van der Waals surface area contributed by atoms with Gasteiger partial charge in [-0.15, -0.1) is 0 Å². The summed E-state index contributed by atoms with van der Waals surface area (Å²) in [4.78, 5) is 12.5. The summed E-state index contributed by atoms with van der Waals surface area (Å²) >= 11 is 0. The number of ether oxygens (including phenoxy) is 10. The number of rotatable bonds is 20. The van der Waals surface area contributed by atoms with Gasteiger partial charge in [0.2, 0.25) is 5.91 Å². The Morgan fingerprint density at radius 3 is 1.35 bits per heavy atom. The van der Waals surface area contributed by atoms with Gasteiger partial charge in [-0.2, -0.15) is 0 Å². The Bertz CT molecular complexity index is 1430. The molecule has 12 unspecified atom stereocenters. The van der Waals surface area contributed by atoms with Gasteiger partial charge < -0.3 is 135 Å². The molecule has 0 aromatic carbocycles. The molecule has 0 aliphatic carbocycles. The maximum absolute atomic E-state index is 12.5. The van der Waals surface area contributed by atoms with E-state index in [1.807, 2.05) is 0 Å². The lowest BCUT2D eigenvalue weighted by molar-refractivity contribution is -0.389. The van der Waals surface area contributed by atoms with E-state index in [2.05, 4.69) is 5.32 Å². The summed E-state index contributed by atoms with van der Waals surface area (Å²) in [5, 5.41) is 162. The Morgan fingerprint density at radius 2 is 0.846 bits per heavy atom. The SMILES string of the molecule is CC(=O)N[C@H]1C(O[C@@H]2OC(CO)[C@H](O)C(O)[C@@H]2O)[C@@H](O)C(CO)O[C@H]1O[C@@H]1C(O)[C@@H](O[C@H]2C(CO)O[C@@H](O[C@@H]3C(CO)O[C@@H](OCCCCCN)C(O)C3O)C(O)C2O)OC(CO)[C@@H]1O. The molecule has 18 N–H and O–H groups in total. The third-order valence-electron chi connectivity index (χ3n) is 11.8. The van der Waals surface area contributed by atoms with Gasteiger partial charge in [0.25, 0.3) is 0 Å². The van der Waals surface area contributed by atoms with Crippen LogP contribution in [0.25, 0.3) is 0 Å². The Hall–Kier alpha value is -1.57. The Morgan fingerprint density at radius 1 is 0.446 bits per heavy atom. The predicted molar refractivity (Wildman–Crippen MR) is 205 cm³/mol. The molecule has 5 saturated heterocycles. The van der Waals surface area contributed by atoms with E-state index in [1.165, 1.54) is 0 Å². The predicted octanol–water partition coefficient (Wildman–Crippen LogP) is -10.6. The molecule has 5 aliphatic heterocycles. The average Bonchev–Trinajstić information content (AvgIpc) is 3.29. The highest BCUT2D eigenvalue weighted by atomic mass is 16.8. The van der Waals surface area contributed by atoms with Gasteiger partial charge in [-0.25, -0.2) is 0 Å². The van der Waals surface area contributed by atoms with Crippen LogP contribution in [0.5, 0.6) is 0 Å². The number of hydrogen-bond donors (Lipinski definition) is 17. The standard InChI is InChI=1S/C37H66N2O26/c1-12(45)39-18-31(64-35-25(52)22(49)19(46)13(7-40)58-35)20(47)14(8-41)57-33(18)65-32-21(48)15(9-42)59-37(28(32)55)63-30-17(11-44)61-36(27(54)24(30)51)62-29-16(10-43)60-34(26(53)23(29)50)56-6-4-2-3-5-38/h13-37,40-44,46-55H,2-11,38H2,1H3,(H,39,45)/t13?,14?,15?,16?,17?,18-,19-,20-,21-,22?,23?,24?,25-,26?,27?,28?,29+,30-,31?,32-,33-,34+,35-,36-,37+/m0/s1. The van der Waals surface area contributed by atoms with E-state index in [4.69, 9.17) is 53.1 Å². The van der Waals surface area contributed by atoms with Crippen LogP contribution in [0.2, 0.25) is 0 Å². The van der Waals surface area contributed by atoms with E-state index in [0.29, 0.717) is 13.0 Å². The molecular weight excluding hydrogens is 888 g/mol. The highest BCUT2D eigenvalue weighted by Crippen LogP contribution is 2.36. The minimum atomic E-state index is -2.14. The highest BCUT2D eigenvalue weighted by Gasteiger charge is 2.57. The highest BCUT2D eigenvalue weighted by molar-refractivity contribution is 5.73. The van der Waals surface area contributed by atoms with Gasteiger partial charge in [0.1, 0.15) is 122 Å². The minimum absolute atomic E-state index is 0.128. The van der Waals surface area contributed by atoms with E-state index in [9.17, 15) is 81.4 Å². The Labute approximate surface area is 371 Å². The summed E-state index contributed by atoms with van der Waals surface area (Å²) in [6.45, 7) is -2.87. The number of carbonyl (C=O) groups excluding carboxylic acids is 1. The summed E-state index contributed by atoms with van der Waals surface area (Å²) < 4.78 is 56.9. The van der Waals surface area contributed by atoms with Crippen LogP contribution in [0.15, 0.2) is 0 Å². The zero-order valence-electron chi connectivity index (χ0n) is 35.3. The topological polar surface area (TPSA) is 451 Å². The third-order valence-corrected chi connectivity index (χ3v) is 11.8. The number of aliphatic hydroxyl groups is 15. The molecule has 380 valence electrons. The molecule has 1 amide bonds. The molecule has 0 aromatic rings. The summed E-state index contributed by atoms with van der Waals surface area (Å²) in [6.07, 6.45) is -41.2. The lowest BCUT2D eigenvalue weighted by atomic mass is 9.94. The van der Waals surface area contributed by atoms with Crippen molar-refractivity contribution in [2.45, 2.75) is 180 Å². The van der Waals surface area contributed by atoms with Crippen molar-refractivity contribution in [1.29, 1.82) is 0 Å². The van der Waals surface area contributed by atoms with Crippen LogP contribution < -0.4 is 11.1 Å². The smallest absolute Gasteiger partial charge is 0.217 e. The van der Waals surface area contributed by atoms with E-state index in [0.717, 1.165) is 19.8 Å². The summed E-state index contributed by atoms with van der Waals surface area (Å²) in [6, 6.07) is -1.67. The van der Waals surface area contributed by atoms with Crippen LogP contribution in [-0.4, -0.2) is 282 Å². The van der Waals surface area contributed by atoms with Gasteiger partial charge in [0.15, 0.2) is 31.5 Å². The van der Waals surface area contributed by atoms with Crippen molar-refractivity contribution in [3.05, 3.63) is 0 Å². The monoisotopic (exact) mass is 954 g/mol. The van der Waals surface area contributed by atoms with E-state index in [-0.39, 0.29) is 6.61 Å². The lowest BCUT2D eigenvalue weighted by Crippen LogP contribution is -2.70. The summed E-state index contributed by atoms with van der Waals surface area (Å²) in [5.74, 6) is -0.801. The van der Waals surface area contributed by atoms with Crippen molar-refractivity contribution in [2.75, 3.05) is 46.2 Å². The van der Waals surface area contributed by atoms with E-state index >= 15 is 0 Å². The van der Waals surface area contributed by atoms with Crippen LogP contribution >= 0.6 is 0 Å². The number of aliphatic hydroxyl groups excluding tert-OH is 15. The molecular formula is C37H66N2O26. The molecule has 0 radical (unpaired) electrons. The maximum atomic E-state index is 12.5. The summed E-state index contributed by atoms with van der Waals surface area (Å²) in [7, 11) is 0. The van der Waals surface area contributed by atoms with Gasteiger partial charge in [0, 0.05) is 13.5 Å². The first kappa shape index (κ1) is 54.4. The first-order valence-electron chi connectivity index (χ1n) is 21.3. The van der Waals surface area contributed by atoms with Gasteiger partial charge in [-0.3, -0.25) is 4.79 Å². The zero-order chi connectivity index (χ0) is 47.9. The van der Waals surface area contributed by atoms with E-state index in [1.54, 1.807) is 0 Å². The molecule has 0 bridgehead atoms. The van der Waals surface area contributed by atoms with Crippen LogP contribution in [0.1, 0.15) is 26.2 Å². The van der Waals surface area contributed by atoms with Crippen LogP contribution in [0.4, 0.5) is 0 Å². The molecule has 25 atom stereocenters. The number of nitrogens with one attached hydrogen (secondary N) is 1. The molecule has 0 aromatic heterocycles. The Kier molecular flexibility index (Phi) is 20.8. The number of nitrogens with two attached hydrogens (primary N) is 1. The van der Waals surface area contributed by atoms with Gasteiger partial charge >= 0.3 is 0 Å². The molecule has 28 nitrogen and oxygen atoms in total. The molecule has 5 rings (SSSR count). The molecule has 0 saturated carbocycles. The molecule has 5 heterocycles. The molecule has 65 heavy (non-hydrogen) atoms. The first-order valence-corrected chi connectivity index (χ1v) is 21.3. The van der Waals surface area contributed by atoms with Crippen molar-refractivity contribution in [1.82, 2.24) is 5.32 Å². The largest absolute Gasteiger partial charge is 0.394 e. The van der Waals surface area contributed by atoms with Crippen molar-refractivity contribution in [3.63, 3.8) is 0 Å². The second-order valence-corrected chi connectivity index (χ2v) is 16.4. The van der Waals surface area contributed by atoms with Gasteiger partial charge in [0.05, 0.1) is 33.0 Å². The minimum Gasteiger partial charge on any atom is -0.394 e. The van der Waals surface area contributed by atoms with Crippen LogP contribution in [-0.2, 0) is 52.2 Å². The van der Waals surface area contributed by atoms with Gasteiger partial charge in [-0.1, -0.05) is 0 Å². The fourth-order valence-corrected chi connectivity index (χ4v) is 8.17. The fourth-order valence-electron chi connectivity index (χ4n) is 8.17. The second kappa shape index (κ2) is 24.8. The van der Waals surface area contributed by atoms with Crippen LogP contribution in [0, 0.1) is 0 Å².